The molecular formula is C9H7N3O5. The average molecular weight is 237 g/mol. The molecule has 0 aromatic rings. The van der Waals surface area contributed by atoms with Crippen molar-refractivity contribution < 1.29 is 19.9 Å². The summed E-state index contributed by atoms with van der Waals surface area (Å²) in [6.07, 6.45) is 3.13. The molecule has 0 aliphatic carbocycles. The Bertz CT molecular complexity index is 517. The van der Waals surface area contributed by atoms with Crippen LogP contribution in [0.3, 0.4) is 0 Å². The third-order valence-electron chi connectivity index (χ3n) is 2.27. The second kappa shape index (κ2) is 3.83. The standard InChI is InChI=1S/C9H7N3O5/c13-8-6(9(14)15)3-10-7-2-1-5(12(16)17)4-11(7)8/h1-4,8,13H,(H,14,15)/t8-/m0/s1. The van der Waals surface area contributed by atoms with Gasteiger partial charge in [0.2, 0.25) is 0 Å². The summed E-state index contributed by atoms with van der Waals surface area (Å²) >= 11 is 0. The summed E-state index contributed by atoms with van der Waals surface area (Å²) in [6.45, 7) is 0. The second-order valence-corrected chi connectivity index (χ2v) is 3.30. The predicted molar refractivity (Wildman–Crippen MR) is 55.2 cm³/mol. The SMILES string of the molecule is O=C(O)C1=CN=C2C=CC([N+](=O)[O-])=CN2[C@H]1O. The third kappa shape index (κ3) is 1.81. The van der Waals surface area contributed by atoms with Crippen LogP contribution >= 0.6 is 0 Å². The van der Waals surface area contributed by atoms with Gasteiger partial charge in [-0.15, -0.1) is 0 Å². The molecule has 1 atom stereocenters. The Labute approximate surface area is 94.6 Å². The summed E-state index contributed by atoms with van der Waals surface area (Å²) < 4.78 is 0. The molecule has 0 saturated heterocycles. The fraction of sp³-hybridized carbons (Fsp3) is 0.111. The highest BCUT2D eigenvalue weighted by Gasteiger charge is 2.31. The van der Waals surface area contributed by atoms with Crippen molar-refractivity contribution in [1.29, 1.82) is 0 Å². The molecule has 0 saturated carbocycles. The number of carboxylic acid groups (broad SMARTS) is 1. The van der Waals surface area contributed by atoms with Crippen molar-refractivity contribution in [1.82, 2.24) is 4.90 Å². The molecule has 0 spiro atoms. The van der Waals surface area contributed by atoms with E-state index in [1.54, 1.807) is 0 Å². The molecule has 0 aromatic heterocycles. The highest BCUT2D eigenvalue weighted by atomic mass is 16.6. The van der Waals surface area contributed by atoms with Crippen LogP contribution in [0.2, 0.25) is 0 Å². The molecule has 8 heteroatoms. The molecule has 0 bridgehead atoms. The number of carboxylic acids is 1. The second-order valence-electron chi connectivity index (χ2n) is 3.30. The summed E-state index contributed by atoms with van der Waals surface area (Å²) in [6, 6.07) is 0. The van der Waals surface area contributed by atoms with Crippen molar-refractivity contribution in [2.45, 2.75) is 6.23 Å². The van der Waals surface area contributed by atoms with Crippen LogP contribution in [0.4, 0.5) is 0 Å². The van der Waals surface area contributed by atoms with E-state index in [1.165, 1.54) is 12.2 Å². The fourth-order valence-corrected chi connectivity index (χ4v) is 1.43. The first-order valence-electron chi connectivity index (χ1n) is 4.52. The van der Waals surface area contributed by atoms with Crippen molar-refractivity contribution in [2.75, 3.05) is 0 Å². The topological polar surface area (TPSA) is 116 Å². The molecular weight excluding hydrogens is 230 g/mol. The van der Waals surface area contributed by atoms with Gasteiger partial charge in [0, 0.05) is 12.3 Å². The zero-order valence-electron chi connectivity index (χ0n) is 8.35. The molecule has 0 radical (unpaired) electrons. The fourth-order valence-electron chi connectivity index (χ4n) is 1.43. The van der Waals surface area contributed by atoms with Crippen molar-refractivity contribution >= 4 is 11.8 Å². The lowest BCUT2D eigenvalue weighted by atomic mass is 10.1. The minimum Gasteiger partial charge on any atom is -0.478 e. The molecule has 2 N–H and O–H groups in total. The first-order chi connectivity index (χ1) is 8.00. The number of hydrogen-bond donors (Lipinski definition) is 2. The van der Waals surface area contributed by atoms with Gasteiger partial charge >= 0.3 is 5.97 Å². The molecule has 17 heavy (non-hydrogen) atoms. The lowest BCUT2D eigenvalue weighted by molar-refractivity contribution is -0.420. The summed E-state index contributed by atoms with van der Waals surface area (Å²) in [4.78, 5) is 25.5. The molecule has 2 heterocycles. The highest BCUT2D eigenvalue weighted by molar-refractivity contribution is 5.99. The lowest BCUT2D eigenvalue weighted by Gasteiger charge is -2.29. The summed E-state index contributed by atoms with van der Waals surface area (Å²) in [5, 5.41) is 29.1. The van der Waals surface area contributed by atoms with E-state index in [9.17, 15) is 20.0 Å². The molecule has 2 rings (SSSR count). The van der Waals surface area contributed by atoms with Gasteiger partial charge in [0.1, 0.15) is 11.4 Å². The van der Waals surface area contributed by atoms with Crippen LogP contribution in [0.5, 0.6) is 0 Å². The normalized spacial score (nSPS) is 22.3. The largest absolute Gasteiger partial charge is 0.478 e. The minimum atomic E-state index is -1.49. The Kier molecular flexibility index (Phi) is 2.48. The smallest absolute Gasteiger partial charge is 0.337 e. The zero-order chi connectivity index (χ0) is 12.6. The Balaban J connectivity index is 2.39. The van der Waals surface area contributed by atoms with Gasteiger partial charge in [-0.1, -0.05) is 0 Å². The first kappa shape index (κ1) is 11.0. The van der Waals surface area contributed by atoms with Crippen LogP contribution < -0.4 is 0 Å². The zero-order valence-corrected chi connectivity index (χ0v) is 8.35. The van der Waals surface area contributed by atoms with Crippen LogP contribution in [0.15, 0.2) is 40.8 Å². The number of aliphatic imine (C=N–C) groups is 1. The number of aliphatic hydroxyl groups excluding tert-OH is 1. The molecule has 88 valence electrons. The van der Waals surface area contributed by atoms with Crippen LogP contribution in [0.1, 0.15) is 0 Å². The van der Waals surface area contributed by atoms with Gasteiger partial charge in [-0.25, -0.2) is 9.79 Å². The molecule has 8 nitrogen and oxygen atoms in total. The van der Waals surface area contributed by atoms with Crippen molar-refractivity contribution in [3.8, 4) is 0 Å². The first-order valence-corrected chi connectivity index (χ1v) is 4.52. The molecule has 0 unspecified atom stereocenters. The average Bonchev–Trinajstić information content (AvgIpc) is 2.28. The molecule has 2 aliphatic rings. The molecule has 0 amide bonds. The number of amidine groups is 1. The number of nitro groups is 1. The van der Waals surface area contributed by atoms with Crippen LogP contribution in [-0.4, -0.2) is 38.1 Å². The molecule has 0 fully saturated rings. The maximum absolute atomic E-state index is 10.8. The van der Waals surface area contributed by atoms with E-state index in [2.05, 4.69) is 4.99 Å². The van der Waals surface area contributed by atoms with Gasteiger partial charge in [0.15, 0.2) is 6.23 Å². The molecule has 2 aliphatic heterocycles. The monoisotopic (exact) mass is 237 g/mol. The van der Waals surface area contributed by atoms with Crippen LogP contribution in [0.25, 0.3) is 0 Å². The Morgan fingerprint density at radius 2 is 2.24 bits per heavy atom. The number of nitrogens with zero attached hydrogens (tertiary/aromatic N) is 3. The van der Waals surface area contributed by atoms with E-state index >= 15 is 0 Å². The van der Waals surface area contributed by atoms with E-state index in [4.69, 9.17) is 5.11 Å². The third-order valence-corrected chi connectivity index (χ3v) is 2.27. The van der Waals surface area contributed by atoms with Crippen molar-refractivity contribution in [2.24, 2.45) is 4.99 Å². The number of aliphatic carboxylic acids is 1. The van der Waals surface area contributed by atoms with Gasteiger partial charge in [-0.2, -0.15) is 0 Å². The predicted octanol–water partition coefficient (Wildman–Crippen LogP) is -0.325. The summed E-state index contributed by atoms with van der Waals surface area (Å²) in [5.74, 6) is -1.08. The van der Waals surface area contributed by atoms with Gasteiger partial charge in [0.05, 0.1) is 11.1 Å². The van der Waals surface area contributed by atoms with Crippen molar-refractivity contribution in [3.05, 3.63) is 45.9 Å². The number of fused-ring (bicyclic) bond motifs is 1. The maximum atomic E-state index is 10.8. The van der Waals surface area contributed by atoms with Gasteiger partial charge < -0.3 is 10.2 Å². The van der Waals surface area contributed by atoms with E-state index in [0.29, 0.717) is 0 Å². The van der Waals surface area contributed by atoms with E-state index < -0.39 is 17.1 Å². The van der Waals surface area contributed by atoms with Gasteiger partial charge in [-0.05, 0) is 6.08 Å². The summed E-state index contributed by atoms with van der Waals surface area (Å²) in [5.41, 5.74) is -0.599. The Morgan fingerprint density at radius 1 is 1.53 bits per heavy atom. The Hall–Kier alpha value is -2.48. The van der Waals surface area contributed by atoms with E-state index in [1.807, 2.05) is 0 Å². The maximum Gasteiger partial charge on any atom is 0.337 e. The Morgan fingerprint density at radius 3 is 2.82 bits per heavy atom. The quantitative estimate of drug-likeness (QED) is 0.502. The van der Waals surface area contributed by atoms with Crippen molar-refractivity contribution in [3.63, 3.8) is 0 Å². The number of carbonyl (C=O) groups is 1. The summed E-state index contributed by atoms with van der Waals surface area (Å²) in [7, 11) is 0. The van der Waals surface area contributed by atoms with Crippen LogP contribution in [-0.2, 0) is 4.79 Å². The van der Waals surface area contributed by atoms with E-state index in [-0.39, 0.29) is 17.1 Å². The van der Waals surface area contributed by atoms with Crippen LogP contribution in [0, 0.1) is 10.1 Å². The number of hydrogen-bond acceptors (Lipinski definition) is 6. The minimum absolute atomic E-state index is 0.244. The molecule has 0 aromatic carbocycles. The number of rotatable bonds is 2. The van der Waals surface area contributed by atoms with E-state index in [0.717, 1.165) is 17.3 Å². The lowest BCUT2D eigenvalue weighted by Crippen LogP contribution is -2.42. The van der Waals surface area contributed by atoms with Gasteiger partial charge in [0.25, 0.3) is 5.70 Å². The number of aliphatic hydroxyl groups is 1. The highest BCUT2D eigenvalue weighted by Crippen LogP contribution is 2.21. The number of allylic oxidation sites excluding steroid dienone is 1. The van der Waals surface area contributed by atoms with Gasteiger partial charge in [-0.3, -0.25) is 15.0 Å².